The fourth-order valence-corrected chi connectivity index (χ4v) is 2.99. The van der Waals surface area contributed by atoms with Gasteiger partial charge in [0.05, 0.1) is 5.56 Å². The molecule has 0 aliphatic heterocycles. The van der Waals surface area contributed by atoms with Crippen LogP contribution in [0.5, 0.6) is 0 Å². The Kier molecular flexibility index (Phi) is 6.98. The summed E-state index contributed by atoms with van der Waals surface area (Å²) in [5, 5.41) is 5.03. The number of nitrogens with one attached hydrogen (secondary N) is 2. The average molecular weight is 346 g/mol. The standard InChI is InChI=1S/C19H26N2O4/c1-3-14-8-10-15(11-9-14)18(23)25-12-17(22)21-19(24)20-16-7-5-4-6-13(16)2/h8-11,13,16H,3-7,12H2,1-2H3,(H2,20,21,22,24)/t13-,16+/m1/s1. The summed E-state index contributed by atoms with van der Waals surface area (Å²) in [5.74, 6) is -0.822. The minimum absolute atomic E-state index is 0.0844. The van der Waals surface area contributed by atoms with Crippen molar-refractivity contribution >= 4 is 17.9 Å². The van der Waals surface area contributed by atoms with Crippen LogP contribution in [-0.2, 0) is 16.0 Å². The molecule has 6 heteroatoms. The topological polar surface area (TPSA) is 84.5 Å². The minimum atomic E-state index is -0.639. The first-order valence-electron chi connectivity index (χ1n) is 8.86. The molecule has 0 spiro atoms. The number of urea groups is 1. The zero-order valence-corrected chi connectivity index (χ0v) is 14.8. The van der Waals surface area contributed by atoms with Gasteiger partial charge in [0, 0.05) is 6.04 Å². The second-order valence-corrected chi connectivity index (χ2v) is 6.52. The Morgan fingerprint density at radius 2 is 1.80 bits per heavy atom. The zero-order valence-electron chi connectivity index (χ0n) is 14.8. The van der Waals surface area contributed by atoms with Gasteiger partial charge >= 0.3 is 12.0 Å². The molecule has 2 atom stereocenters. The van der Waals surface area contributed by atoms with E-state index in [9.17, 15) is 14.4 Å². The summed E-state index contributed by atoms with van der Waals surface area (Å²) in [6.07, 6.45) is 5.14. The molecule has 1 aliphatic rings. The Balaban J connectivity index is 1.73. The van der Waals surface area contributed by atoms with Crippen LogP contribution < -0.4 is 10.6 Å². The molecule has 1 saturated carbocycles. The first kappa shape index (κ1) is 19.0. The van der Waals surface area contributed by atoms with Crippen molar-refractivity contribution in [3.63, 3.8) is 0 Å². The van der Waals surface area contributed by atoms with Gasteiger partial charge in [-0.05, 0) is 42.9 Å². The van der Waals surface area contributed by atoms with Crippen molar-refractivity contribution in [3.8, 4) is 0 Å². The van der Waals surface area contributed by atoms with Gasteiger partial charge < -0.3 is 10.1 Å². The summed E-state index contributed by atoms with van der Waals surface area (Å²) in [4.78, 5) is 35.5. The van der Waals surface area contributed by atoms with Crippen LogP contribution in [0.2, 0.25) is 0 Å². The summed E-state index contributed by atoms with van der Waals surface area (Å²) in [6, 6.07) is 6.56. The van der Waals surface area contributed by atoms with Crippen molar-refractivity contribution in [2.24, 2.45) is 5.92 Å². The summed E-state index contributed by atoms with van der Waals surface area (Å²) in [7, 11) is 0. The second-order valence-electron chi connectivity index (χ2n) is 6.52. The van der Waals surface area contributed by atoms with Gasteiger partial charge in [-0.2, -0.15) is 0 Å². The maximum atomic E-state index is 11.9. The van der Waals surface area contributed by atoms with Crippen LogP contribution in [-0.4, -0.2) is 30.6 Å². The third kappa shape index (κ3) is 5.89. The van der Waals surface area contributed by atoms with Crippen molar-refractivity contribution < 1.29 is 19.1 Å². The maximum Gasteiger partial charge on any atom is 0.338 e. The van der Waals surface area contributed by atoms with Gasteiger partial charge in [0.25, 0.3) is 5.91 Å². The molecule has 0 unspecified atom stereocenters. The molecule has 1 aliphatic carbocycles. The molecular weight excluding hydrogens is 320 g/mol. The number of ether oxygens (including phenoxy) is 1. The van der Waals surface area contributed by atoms with Crippen LogP contribution in [0.25, 0.3) is 0 Å². The number of benzene rings is 1. The van der Waals surface area contributed by atoms with Gasteiger partial charge in [-0.15, -0.1) is 0 Å². The van der Waals surface area contributed by atoms with Gasteiger partial charge in [0.1, 0.15) is 0 Å². The highest BCUT2D eigenvalue weighted by molar-refractivity contribution is 5.97. The monoisotopic (exact) mass is 346 g/mol. The van der Waals surface area contributed by atoms with Gasteiger partial charge in [-0.25, -0.2) is 9.59 Å². The highest BCUT2D eigenvalue weighted by Gasteiger charge is 2.23. The fourth-order valence-electron chi connectivity index (χ4n) is 2.99. The largest absolute Gasteiger partial charge is 0.452 e. The molecule has 2 rings (SSSR count). The number of rotatable bonds is 5. The highest BCUT2D eigenvalue weighted by atomic mass is 16.5. The predicted octanol–water partition coefficient (Wildman–Crippen LogP) is 2.81. The molecule has 1 aromatic carbocycles. The lowest BCUT2D eigenvalue weighted by molar-refractivity contribution is -0.123. The van der Waals surface area contributed by atoms with E-state index >= 15 is 0 Å². The fraction of sp³-hybridized carbons (Fsp3) is 0.526. The van der Waals surface area contributed by atoms with E-state index in [0.29, 0.717) is 11.5 Å². The molecule has 136 valence electrons. The number of hydrogen-bond acceptors (Lipinski definition) is 4. The quantitative estimate of drug-likeness (QED) is 0.803. The lowest BCUT2D eigenvalue weighted by Gasteiger charge is -2.29. The number of aryl methyl sites for hydroxylation is 1. The molecule has 0 aromatic heterocycles. The number of esters is 1. The highest BCUT2D eigenvalue weighted by Crippen LogP contribution is 2.23. The molecule has 2 N–H and O–H groups in total. The van der Waals surface area contributed by atoms with Gasteiger partial charge in [-0.3, -0.25) is 10.1 Å². The van der Waals surface area contributed by atoms with E-state index in [0.717, 1.165) is 31.2 Å². The molecule has 0 heterocycles. The number of hydrogen-bond donors (Lipinski definition) is 2. The second kappa shape index (κ2) is 9.20. The molecule has 1 aromatic rings. The normalized spacial score (nSPS) is 19.8. The van der Waals surface area contributed by atoms with Crippen LogP contribution in [0.4, 0.5) is 4.79 Å². The third-order valence-corrected chi connectivity index (χ3v) is 4.61. The smallest absolute Gasteiger partial charge is 0.338 e. The van der Waals surface area contributed by atoms with E-state index in [1.807, 2.05) is 19.1 Å². The van der Waals surface area contributed by atoms with Crippen LogP contribution in [0.3, 0.4) is 0 Å². The zero-order chi connectivity index (χ0) is 18.2. The Bertz CT molecular complexity index is 612. The van der Waals surface area contributed by atoms with E-state index in [-0.39, 0.29) is 6.04 Å². The Morgan fingerprint density at radius 1 is 1.12 bits per heavy atom. The van der Waals surface area contributed by atoms with Gasteiger partial charge in [0.2, 0.25) is 0 Å². The lowest BCUT2D eigenvalue weighted by Crippen LogP contribution is -2.48. The molecule has 3 amide bonds. The minimum Gasteiger partial charge on any atom is -0.452 e. The first-order valence-corrected chi connectivity index (χ1v) is 8.86. The molecule has 0 bridgehead atoms. The lowest BCUT2D eigenvalue weighted by atomic mass is 9.86. The number of amides is 3. The van der Waals surface area contributed by atoms with Crippen LogP contribution >= 0.6 is 0 Å². The van der Waals surface area contributed by atoms with E-state index in [2.05, 4.69) is 17.6 Å². The molecular formula is C19H26N2O4. The van der Waals surface area contributed by atoms with Gasteiger partial charge in [-0.1, -0.05) is 38.8 Å². The van der Waals surface area contributed by atoms with E-state index < -0.39 is 24.5 Å². The van der Waals surface area contributed by atoms with Crippen LogP contribution in [0, 0.1) is 5.92 Å². The van der Waals surface area contributed by atoms with Crippen molar-refractivity contribution in [2.45, 2.75) is 52.0 Å². The Labute approximate surface area is 148 Å². The summed E-state index contributed by atoms with van der Waals surface area (Å²) >= 11 is 0. The van der Waals surface area contributed by atoms with Gasteiger partial charge in [0.15, 0.2) is 6.61 Å². The van der Waals surface area contributed by atoms with Crippen LogP contribution in [0.1, 0.15) is 55.5 Å². The summed E-state index contributed by atoms with van der Waals surface area (Å²) in [6.45, 7) is 3.64. The first-order chi connectivity index (χ1) is 12.0. The molecule has 0 radical (unpaired) electrons. The van der Waals surface area contributed by atoms with E-state index in [1.165, 1.54) is 6.42 Å². The van der Waals surface area contributed by atoms with E-state index in [4.69, 9.17) is 4.74 Å². The van der Waals surface area contributed by atoms with Crippen molar-refractivity contribution in [2.75, 3.05) is 6.61 Å². The van der Waals surface area contributed by atoms with E-state index in [1.54, 1.807) is 12.1 Å². The molecule has 6 nitrogen and oxygen atoms in total. The molecule has 0 saturated heterocycles. The van der Waals surface area contributed by atoms with Crippen molar-refractivity contribution in [3.05, 3.63) is 35.4 Å². The Hall–Kier alpha value is -2.37. The Morgan fingerprint density at radius 3 is 2.44 bits per heavy atom. The number of carbonyl (C=O) groups is 3. The average Bonchev–Trinajstić information content (AvgIpc) is 2.61. The van der Waals surface area contributed by atoms with Crippen LogP contribution in [0.15, 0.2) is 24.3 Å². The summed E-state index contributed by atoms with van der Waals surface area (Å²) in [5.41, 5.74) is 1.49. The van der Waals surface area contributed by atoms with Crippen molar-refractivity contribution in [1.82, 2.24) is 10.6 Å². The maximum absolute atomic E-state index is 11.9. The third-order valence-electron chi connectivity index (χ3n) is 4.61. The number of imide groups is 1. The summed E-state index contributed by atoms with van der Waals surface area (Å²) < 4.78 is 4.94. The predicted molar refractivity (Wildman–Crippen MR) is 94.2 cm³/mol. The number of carbonyl (C=O) groups excluding carboxylic acids is 3. The molecule has 25 heavy (non-hydrogen) atoms. The van der Waals surface area contributed by atoms with Crippen molar-refractivity contribution in [1.29, 1.82) is 0 Å². The molecule has 1 fully saturated rings. The SMILES string of the molecule is CCc1ccc(C(=O)OCC(=O)NC(=O)N[C@H]2CCCC[C@H]2C)cc1.